The van der Waals surface area contributed by atoms with Crippen molar-refractivity contribution in [2.24, 2.45) is 5.73 Å². The van der Waals surface area contributed by atoms with Crippen LogP contribution >= 0.6 is 0 Å². The summed E-state index contributed by atoms with van der Waals surface area (Å²) in [5.74, 6) is -1.85. The van der Waals surface area contributed by atoms with Crippen molar-refractivity contribution in [3.05, 3.63) is 0 Å². The fourth-order valence-electron chi connectivity index (χ4n) is 1.16. The summed E-state index contributed by atoms with van der Waals surface area (Å²) in [7, 11) is 0. The molecule has 5 N–H and O–H groups in total. The number of hydrogen-bond acceptors (Lipinski definition) is 4. The minimum absolute atomic E-state index is 0.0995. The molecule has 2 unspecified atom stereocenters. The summed E-state index contributed by atoms with van der Waals surface area (Å²) in [6.45, 7) is 3.99. The molecule has 0 saturated carbocycles. The van der Waals surface area contributed by atoms with Crippen LogP contribution in [0.25, 0.3) is 0 Å². The van der Waals surface area contributed by atoms with Crippen molar-refractivity contribution >= 4 is 17.8 Å². The molecule has 0 aromatic heterocycles. The minimum Gasteiger partial charge on any atom is -0.481 e. The third kappa shape index (κ3) is 7.61. The Labute approximate surface area is 106 Å². The third-order valence-electron chi connectivity index (χ3n) is 2.40. The third-order valence-corrected chi connectivity index (χ3v) is 2.40. The molecule has 0 aromatic rings. The number of rotatable bonds is 8. The lowest BCUT2D eigenvalue weighted by Crippen LogP contribution is -2.43. The highest BCUT2D eigenvalue weighted by molar-refractivity contribution is 5.86. The van der Waals surface area contributed by atoms with E-state index >= 15 is 0 Å². The van der Waals surface area contributed by atoms with Crippen LogP contribution in [0.4, 0.5) is 0 Å². The number of nitrogens with one attached hydrogen (secondary N) is 2. The van der Waals surface area contributed by atoms with Gasteiger partial charge in [-0.15, -0.1) is 0 Å². The van der Waals surface area contributed by atoms with E-state index in [1.54, 1.807) is 0 Å². The van der Waals surface area contributed by atoms with E-state index in [1.807, 2.05) is 13.8 Å². The second-order valence-electron chi connectivity index (χ2n) is 4.12. The van der Waals surface area contributed by atoms with Gasteiger partial charge in [-0.05, 0) is 13.3 Å². The van der Waals surface area contributed by atoms with Gasteiger partial charge in [0.2, 0.25) is 11.8 Å². The van der Waals surface area contributed by atoms with Gasteiger partial charge >= 0.3 is 5.97 Å². The van der Waals surface area contributed by atoms with Gasteiger partial charge in [0.05, 0.1) is 12.5 Å². The molecule has 0 heterocycles. The Morgan fingerprint density at radius 3 is 2.44 bits per heavy atom. The van der Waals surface area contributed by atoms with E-state index in [1.165, 1.54) is 0 Å². The molecular weight excluding hydrogens is 238 g/mol. The number of aliphatic carboxylic acids is 1. The topological polar surface area (TPSA) is 122 Å². The average molecular weight is 259 g/mol. The van der Waals surface area contributed by atoms with Gasteiger partial charge in [0.15, 0.2) is 0 Å². The summed E-state index contributed by atoms with van der Waals surface area (Å²) in [6.07, 6.45) is 0.558. The van der Waals surface area contributed by atoms with Crippen molar-refractivity contribution < 1.29 is 19.5 Å². The lowest BCUT2D eigenvalue weighted by atomic mass is 10.2. The number of nitrogens with two attached hydrogens (primary N) is 1. The average Bonchev–Trinajstić information content (AvgIpc) is 2.27. The molecule has 0 spiro atoms. The Kier molecular flexibility index (Phi) is 7.69. The van der Waals surface area contributed by atoms with E-state index in [0.29, 0.717) is 0 Å². The van der Waals surface area contributed by atoms with Crippen LogP contribution in [0.15, 0.2) is 0 Å². The van der Waals surface area contributed by atoms with Crippen LogP contribution in [0.1, 0.15) is 33.1 Å². The number of carboxylic acids is 1. The van der Waals surface area contributed by atoms with Crippen molar-refractivity contribution in [1.29, 1.82) is 0 Å². The monoisotopic (exact) mass is 259 g/mol. The zero-order valence-electron chi connectivity index (χ0n) is 10.7. The van der Waals surface area contributed by atoms with E-state index in [-0.39, 0.29) is 24.9 Å². The van der Waals surface area contributed by atoms with Gasteiger partial charge in [-0.25, -0.2) is 0 Å². The molecular formula is C11H21N3O4. The summed E-state index contributed by atoms with van der Waals surface area (Å²) in [5.41, 5.74) is 5.34. The molecule has 0 fully saturated rings. The maximum atomic E-state index is 11.4. The highest BCUT2D eigenvalue weighted by Gasteiger charge is 2.16. The second-order valence-corrected chi connectivity index (χ2v) is 4.12. The van der Waals surface area contributed by atoms with E-state index in [4.69, 9.17) is 10.8 Å². The van der Waals surface area contributed by atoms with Crippen LogP contribution in [-0.2, 0) is 14.4 Å². The summed E-state index contributed by atoms with van der Waals surface area (Å²) >= 11 is 0. The normalized spacial score (nSPS) is 13.5. The van der Waals surface area contributed by atoms with E-state index in [0.717, 1.165) is 6.42 Å². The Bertz CT molecular complexity index is 307. The highest BCUT2D eigenvalue weighted by atomic mass is 16.4. The van der Waals surface area contributed by atoms with Crippen molar-refractivity contribution in [2.75, 3.05) is 6.54 Å². The van der Waals surface area contributed by atoms with Gasteiger partial charge < -0.3 is 21.5 Å². The van der Waals surface area contributed by atoms with Crippen LogP contribution in [0.5, 0.6) is 0 Å². The van der Waals surface area contributed by atoms with Gasteiger partial charge in [0.1, 0.15) is 0 Å². The summed E-state index contributed by atoms with van der Waals surface area (Å²) in [6, 6.07) is -0.984. The lowest BCUT2D eigenvalue weighted by Gasteiger charge is -2.12. The maximum Gasteiger partial charge on any atom is 0.305 e. The SMILES string of the molecule is CCC(C)NC(=O)CCNC(=O)C(N)CC(=O)O. The van der Waals surface area contributed by atoms with E-state index in [9.17, 15) is 14.4 Å². The molecule has 0 radical (unpaired) electrons. The molecule has 0 aliphatic heterocycles. The first-order chi connectivity index (χ1) is 8.36. The van der Waals surface area contributed by atoms with Crippen molar-refractivity contribution in [3.8, 4) is 0 Å². The molecule has 2 amide bonds. The molecule has 2 atom stereocenters. The zero-order chi connectivity index (χ0) is 14.1. The summed E-state index contributed by atoms with van der Waals surface area (Å²) in [5, 5.41) is 13.6. The van der Waals surface area contributed by atoms with Gasteiger partial charge in [-0.1, -0.05) is 6.92 Å². The smallest absolute Gasteiger partial charge is 0.305 e. The van der Waals surface area contributed by atoms with Gasteiger partial charge in [0, 0.05) is 19.0 Å². The zero-order valence-corrected chi connectivity index (χ0v) is 10.7. The quantitative estimate of drug-likeness (QED) is 0.455. The summed E-state index contributed by atoms with van der Waals surface area (Å²) < 4.78 is 0. The largest absolute Gasteiger partial charge is 0.481 e. The lowest BCUT2D eigenvalue weighted by molar-refractivity contribution is -0.139. The van der Waals surface area contributed by atoms with E-state index < -0.39 is 24.3 Å². The molecule has 0 saturated heterocycles. The molecule has 0 aliphatic rings. The first-order valence-corrected chi connectivity index (χ1v) is 5.91. The molecule has 0 aliphatic carbocycles. The van der Waals surface area contributed by atoms with Crippen molar-refractivity contribution in [2.45, 2.75) is 45.2 Å². The maximum absolute atomic E-state index is 11.4. The molecule has 7 heteroatoms. The predicted octanol–water partition coefficient (Wildman–Crippen LogP) is -0.791. The number of carbonyl (C=O) groups is 3. The highest BCUT2D eigenvalue weighted by Crippen LogP contribution is 1.91. The molecule has 18 heavy (non-hydrogen) atoms. The van der Waals surface area contributed by atoms with E-state index in [2.05, 4.69) is 10.6 Å². The minimum atomic E-state index is -1.13. The Morgan fingerprint density at radius 1 is 1.33 bits per heavy atom. The Morgan fingerprint density at radius 2 is 1.94 bits per heavy atom. The summed E-state index contributed by atoms with van der Waals surface area (Å²) in [4.78, 5) is 33.0. The Balaban J connectivity index is 3.80. The number of carbonyl (C=O) groups excluding carboxylic acids is 2. The van der Waals surface area contributed by atoms with Crippen LogP contribution < -0.4 is 16.4 Å². The Hall–Kier alpha value is -1.63. The molecule has 0 aromatic carbocycles. The first-order valence-electron chi connectivity index (χ1n) is 5.91. The van der Waals surface area contributed by atoms with Gasteiger partial charge in [-0.2, -0.15) is 0 Å². The van der Waals surface area contributed by atoms with Crippen LogP contribution in [0, 0.1) is 0 Å². The molecule has 7 nitrogen and oxygen atoms in total. The predicted molar refractivity (Wildman–Crippen MR) is 65.8 cm³/mol. The van der Waals surface area contributed by atoms with Crippen molar-refractivity contribution in [3.63, 3.8) is 0 Å². The number of amides is 2. The molecule has 104 valence electrons. The van der Waals surface area contributed by atoms with Gasteiger partial charge in [0.25, 0.3) is 0 Å². The second kappa shape index (κ2) is 8.46. The number of hydrogen-bond donors (Lipinski definition) is 4. The van der Waals surface area contributed by atoms with Crippen LogP contribution in [-0.4, -0.2) is 41.5 Å². The van der Waals surface area contributed by atoms with Gasteiger partial charge in [-0.3, -0.25) is 14.4 Å². The molecule has 0 rings (SSSR count). The number of carboxylic acid groups (broad SMARTS) is 1. The van der Waals surface area contributed by atoms with Crippen LogP contribution in [0.2, 0.25) is 0 Å². The standard InChI is InChI=1S/C11H21N3O4/c1-3-7(2)14-9(15)4-5-13-11(18)8(12)6-10(16)17/h7-8H,3-6,12H2,1-2H3,(H,13,18)(H,14,15)(H,16,17). The fourth-order valence-corrected chi connectivity index (χ4v) is 1.16. The fraction of sp³-hybridized carbons (Fsp3) is 0.727. The molecule has 0 bridgehead atoms. The first kappa shape index (κ1) is 16.4. The van der Waals surface area contributed by atoms with Crippen LogP contribution in [0.3, 0.4) is 0 Å². The van der Waals surface area contributed by atoms with Crippen molar-refractivity contribution in [1.82, 2.24) is 10.6 Å².